The Kier molecular flexibility index (Phi) is 8.20. The monoisotopic (exact) mass is 755 g/mol. The van der Waals surface area contributed by atoms with E-state index in [1.165, 1.54) is 61.2 Å². The van der Waals surface area contributed by atoms with Crippen molar-refractivity contribution in [3.8, 4) is 55.6 Å². The minimum Gasteiger partial charge on any atom is -0.456 e. The number of para-hydroxylation sites is 1. The number of rotatable bonds is 7. The normalized spacial score (nSPS) is 12.7. The van der Waals surface area contributed by atoms with Crippen LogP contribution in [0.5, 0.6) is 0 Å². The molecular formula is C57H41NO. The average Bonchev–Trinajstić information content (AvgIpc) is 3.78. The molecule has 0 aliphatic heterocycles. The summed E-state index contributed by atoms with van der Waals surface area (Å²) < 4.78 is 6.68. The molecule has 1 aliphatic carbocycles. The lowest BCUT2D eigenvalue weighted by Crippen LogP contribution is -2.15. The summed E-state index contributed by atoms with van der Waals surface area (Å²) in [7, 11) is 0. The molecule has 9 aromatic carbocycles. The lowest BCUT2D eigenvalue weighted by molar-refractivity contribution is 0.647. The first kappa shape index (κ1) is 34.8. The standard InChI is InChI=1S/C57H41NO/c1-57(2)50-36-44(40-18-10-5-11-19-40)28-35-48(50)55-51(57)37-53-56(49-20-12-13-21-52(49)59-53)54(55)43-26-33-47(34-27-43)58(45-29-22-41(23-30-45)38-14-6-3-7-15-38)46-31-24-42(25-32-46)39-16-8-4-9-17-39/h3-37H,1-2H3. The van der Waals surface area contributed by atoms with E-state index in [0.29, 0.717) is 0 Å². The molecule has 0 N–H and O–H groups in total. The molecule has 0 fully saturated rings. The van der Waals surface area contributed by atoms with Crippen LogP contribution in [0.25, 0.3) is 77.6 Å². The number of hydrogen-bond donors (Lipinski definition) is 0. The summed E-state index contributed by atoms with van der Waals surface area (Å²) in [6, 6.07) is 76.6. The van der Waals surface area contributed by atoms with Gasteiger partial charge in [-0.3, -0.25) is 0 Å². The second-order valence-electron chi connectivity index (χ2n) is 16.1. The molecule has 0 saturated carbocycles. The highest BCUT2D eigenvalue weighted by molar-refractivity contribution is 6.17. The third-order valence-corrected chi connectivity index (χ3v) is 12.3. The first-order valence-electron chi connectivity index (χ1n) is 20.4. The van der Waals surface area contributed by atoms with Gasteiger partial charge in [0, 0.05) is 38.8 Å². The van der Waals surface area contributed by atoms with Crippen LogP contribution in [0.1, 0.15) is 25.0 Å². The van der Waals surface area contributed by atoms with Crippen LogP contribution >= 0.6 is 0 Å². The number of hydrogen-bond acceptors (Lipinski definition) is 2. The molecule has 1 heterocycles. The summed E-state index contributed by atoms with van der Waals surface area (Å²) in [5.41, 5.74) is 19.7. The molecule has 1 aliphatic rings. The Morgan fingerprint density at radius 2 is 0.797 bits per heavy atom. The minimum atomic E-state index is -0.230. The van der Waals surface area contributed by atoms with Crippen molar-refractivity contribution < 1.29 is 4.42 Å². The van der Waals surface area contributed by atoms with E-state index in [2.05, 4.69) is 231 Å². The summed E-state index contributed by atoms with van der Waals surface area (Å²) in [5.74, 6) is 0. The predicted octanol–water partition coefficient (Wildman–Crippen LogP) is 16.0. The van der Waals surface area contributed by atoms with E-state index in [0.717, 1.165) is 44.6 Å². The Hall–Kier alpha value is -7.42. The number of anilines is 3. The van der Waals surface area contributed by atoms with E-state index in [1.54, 1.807) is 0 Å². The molecule has 59 heavy (non-hydrogen) atoms. The van der Waals surface area contributed by atoms with Gasteiger partial charge >= 0.3 is 0 Å². The van der Waals surface area contributed by atoms with Gasteiger partial charge < -0.3 is 9.32 Å². The summed E-state index contributed by atoms with van der Waals surface area (Å²) >= 11 is 0. The third-order valence-electron chi connectivity index (χ3n) is 12.3. The lowest BCUT2D eigenvalue weighted by Gasteiger charge is -2.26. The maximum Gasteiger partial charge on any atom is 0.136 e. The minimum absolute atomic E-state index is 0.230. The van der Waals surface area contributed by atoms with Gasteiger partial charge in [-0.2, -0.15) is 0 Å². The lowest BCUT2D eigenvalue weighted by atomic mass is 9.80. The highest BCUT2D eigenvalue weighted by Crippen LogP contribution is 2.56. The fourth-order valence-corrected chi connectivity index (χ4v) is 9.27. The van der Waals surface area contributed by atoms with Gasteiger partial charge in [0.05, 0.1) is 0 Å². The number of benzene rings is 9. The van der Waals surface area contributed by atoms with Crippen LogP contribution in [0.3, 0.4) is 0 Å². The average molecular weight is 756 g/mol. The predicted molar refractivity (Wildman–Crippen MR) is 248 cm³/mol. The molecule has 0 spiro atoms. The van der Waals surface area contributed by atoms with E-state index in [-0.39, 0.29) is 5.41 Å². The SMILES string of the molecule is CC1(C)c2cc(-c3ccccc3)ccc2-c2c1cc1oc3ccccc3c1c2-c1ccc(N(c2ccc(-c3ccccc3)cc2)c2ccc(-c3ccccc3)cc2)cc1. The molecule has 2 nitrogen and oxygen atoms in total. The Morgan fingerprint density at radius 3 is 1.34 bits per heavy atom. The molecule has 2 heteroatoms. The fraction of sp³-hybridized carbons (Fsp3) is 0.0526. The molecule has 0 atom stereocenters. The van der Waals surface area contributed by atoms with Crippen LogP contribution in [0, 0.1) is 0 Å². The van der Waals surface area contributed by atoms with Gasteiger partial charge in [0.25, 0.3) is 0 Å². The molecule has 0 unspecified atom stereocenters. The van der Waals surface area contributed by atoms with Crippen LogP contribution in [-0.4, -0.2) is 0 Å². The van der Waals surface area contributed by atoms with E-state index in [4.69, 9.17) is 4.42 Å². The number of furan rings is 1. The number of nitrogens with zero attached hydrogens (tertiary/aromatic N) is 1. The zero-order chi connectivity index (χ0) is 39.5. The molecule has 1 aromatic heterocycles. The van der Waals surface area contributed by atoms with E-state index < -0.39 is 0 Å². The van der Waals surface area contributed by atoms with Crippen molar-refractivity contribution in [1.29, 1.82) is 0 Å². The summed E-state index contributed by atoms with van der Waals surface area (Å²) in [5, 5.41) is 2.29. The van der Waals surface area contributed by atoms with Crippen molar-refractivity contribution in [3.63, 3.8) is 0 Å². The summed E-state index contributed by atoms with van der Waals surface area (Å²) in [4.78, 5) is 2.36. The van der Waals surface area contributed by atoms with Gasteiger partial charge in [-0.05, 0) is 116 Å². The maximum atomic E-state index is 6.68. The van der Waals surface area contributed by atoms with Gasteiger partial charge in [0.2, 0.25) is 0 Å². The van der Waals surface area contributed by atoms with Gasteiger partial charge in [-0.25, -0.2) is 0 Å². The topological polar surface area (TPSA) is 16.4 Å². The maximum absolute atomic E-state index is 6.68. The van der Waals surface area contributed by atoms with Crippen molar-refractivity contribution in [3.05, 3.63) is 223 Å². The van der Waals surface area contributed by atoms with Gasteiger partial charge in [-0.15, -0.1) is 0 Å². The van der Waals surface area contributed by atoms with Crippen LogP contribution < -0.4 is 4.90 Å². The third kappa shape index (κ3) is 5.87. The summed E-state index contributed by atoms with van der Waals surface area (Å²) in [6.07, 6.45) is 0. The molecule has 280 valence electrons. The quantitative estimate of drug-likeness (QED) is 0.161. The van der Waals surface area contributed by atoms with E-state index in [9.17, 15) is 0 Å². The molecule has 0 amide bonds. The Morgan fingerprint density at radius 1 is 0.356 bits per heavy atom. The Bertz CT molecular complexity index is 3040. The first-order chi connectivity index (χ1) is 29.0. The highest BCUT2D eigenvalue weighted by Gasteiger charge is 2.39. The molecule has 0 saturated heterocycles. The van der Waals surface area contributed by atoms with E-state index >= 15 is 0 Å². The van der Waals surface area contributed by atoms with Gasteiger partial charge in [0.15, 0.2) is 0 Å². The van der Waals surface area contributed by atoms with Gasteiger partial charge in [-0.1, -0.05) is 172 Å². The summed E-state index contributed by atoms with van der Waals surface area (Å²) in [6.45, 7) is 4.72. The van der Waals surface area contributed by atoms with Crippen molar-refractivity contribution >= 4 is 39.0 Å². The van der Waals surface area contributed by atoms with Crippen molar-refractivity contribution in [2.24, 2.45) is 0 Å². The van der Waals surface area contributed by atoms with Crippen molar-refractivity contribution in [2.45, 2.75) is 19.3 Å². The molecule has 0 radical (unpaired) electrons. The second-order valence-corrected chi connectivity index (χ2v) is 16.1. The van der Waals surface area contributed by atoms with Gasteiger partial charge in [0.1, 0.15) is 11.2 Å². The number of fused-ring (bicyclic) bond motifs is 6. The van der Waals surface area contributed by atoms with Crippen LogP contribution in [0.15, 0.2) is 217 Å². The van der Waals surface area contributed by atoms with E-state index in [1.807, 2.05) is 0 Å². The fourth-order valence-electron chi connectivity index (χ4n) is 9.27. The zero-order valence-electron chi connectivity index (χ0n) is 33.1. The molecule has 0 bridgehead atoms. The zero-order valence-corrected chi connectivity index (χ0v) is 33.1. The van der Waals surface area contributed by atoms with Crippen LogP contribution in [0.2, 0.25) is 0 Å². The Labute approximate surface area is 345 Å². The van der Waals surface area contributed by atoms with Crippen LogP contribution in [0.4, 0.5) is 17.1 Å². The molecule has 10 aromatic rings. The van der Waals surface area contributed by atoms with Crippen molar-refractivity contribution in [1.82, 2.24) is 0 Å². The van der Waals surface area contributed by atoms with Crippen LogP contribution in [-0.2, 0) is 5.41 Å². The second kappa shape index (κ2) is 13.9. The Balaban J connectivity index is 1.07. The molecular weight excluding hydrogens is 715 g/mol. The smallest absolute Gasteiger partial charge is 0.136 e. The largest absolute Gasteiger partial charge is 0.456 e. The highest BCUT2D eigenvalue weighted by atomic mass is 16.3. The molecule has 11 rings (SSSR count). The first-order valence-corrected chi connectivity index (χ1v) is 20.4. The van der Waals surface area contributed by atoms with Crippen molar-refractivity contribution in [2.75, 3.05) is 4.90 Å².